The standard InChI is InChI=1S/C14H27F3N2/c1-12(2,3)19-10-11(9-13(19,4)5)18(6)8-7-14(15,16)17/h11H,7-10H2,1-6H3. The molecule has 0 N–H and O–H groups in total. The van der Waals surface area contributed by atoms with Crippen molar-refractivity contribution >= 4 is 0 Å². The monoisotopic (exact) mass is 280 g/mol. The molecule has 5 heteroatoms. The summed E-state index contributed by atoms with van der Waals surface area (Å²) in [7, 11) is 1.80. The zero-order valence-corrected chi connectivity index (χ0v) is 12.9. The molecule has 0 aromatic heterocycles. The Morgan fingerprint density at radius 2 is 1.74 bits per heavy atom. The smallest absolute Gasteiger partial charge is 0.302 e. The first-order valence-electron chi connectivity index (χ1n) is 6.88. The fourth-order valence-corrected chi connectivity index (χ4v) is 3.17. The molecule has 1 rings (SSSR count). The molecule has 1 saturated heterocycles. The Bertz CT molecular complexity index is 305. The molecule has 1 aliphatic heterocycles. The lowest BCUT2D eigenvalue weighted by Gasteiger charge is -2.42. The Labute approximate surface area is 114 Å². The van der Waals surface area contributed by atoms with Crippen molar-refractivity contribution in [3.63, 3.8) is 0 Å². The van der Waals surface area contributed by atoms with Crippen LogP contribution in [0.1, 0.15) is 47.5 Å². The van der Waals surface area contributed by atoms with Gasteiger partial charge in [0.1, 0.15) is 0 Å². The van der Waals surface area contributed by atoms with Crippen LogP contribution in [0.2, 0.25) is 0 Å². The van der Waals surface area contributed by atoms with E-state index in [2.05, 4.69) is 39.5 Å². The Balaban J connectivity index is 2.63. The third-order valence-electron chi connectivity index (χ3n) is 4.04. The Hall–Kier alpha value is -0.290. The van der Waals surface area contributed by atoms with Gasteiger partial charge in [-0.3, -0.25) is 4.90 Å². The second kappa shape index (κ2) is 5.24. The van der Waals surface area contributed by atoms with E-state index in [0.29, 0.717) is 0 Å². The molecule has 2 nitrogen and oxygen atoms in total. The molecular formula is C14H27F3N2. The molecule has 1 aliphatic rings. The van der Waals surface area contributed by atoms with Gasteiger partial charge in [-0.1, -0.05) is 0 Å². The summed E-state index contributed by atoms with van der Waals surface area (Å²) in [4.78, 5) is 4.26. The van der Waals surface area contributed by atoms with Crippen molar-refractivity contribution in [1.82, 2.24) is 9.80 Å². The van der Waals surface area contributed by atoms with Gasteiger partial charge in [0.2, 0.25) is 0 Å². The lowest BCUT2D eigenvalue weighted by Crippen LogP contribution is -2.50. The molecule has 114 valence electrons. The summed E-state index contributed by atoms with van der Waals surface area (Å²) in [5, 5.41) is 0. The highest BCUT2D eigenvalue weighted by molar-refractivity contribution is 5.01. The van der Waals surface area contributed by atoms with Crippen molar-refractivity contribution < 1.29 is 13.2 Å². The first kappa shape index (κ1) is 16.8. The Morgan fingerprint density at radius 1 is 1.21 bits per heavy atom. The van der Waals surface area contributed by atoms with E-state index < -0.39 is 12.6 Å². The highest BCUT2D eigenvalue weighted by Gasteiger charge is 2.44. The number of hydrogen-bond acceptors (Lipinski definition) is 2. The average Bonchev–Trinajstić information content (AvgIpc) is 2.49. The van der Waals surface area contributed by atoms with Crippen LogP contribution in [0.3, 0.4) is 0 Å². The molecule has 0 aromatic carbocycles. The third-order valence-corrected chi connectivity index (χ3v) is 4.04. The van der Waals surface area contributed by atoms with Gasteiger partial charge in [-0.2, -0.15) is 13.2 Å². The minimum Gasteiger partial charge on any atom is -0.302 e. The van der Waals surface area contributed by atoms with Crippen molar-refractivity contribution in [3.05, 3.63) is 0 Å². The summed E-state index contributed by atoms with van der Waals surface area (Å²) in [5.41, 5.74) is 0.0819. The molecule has 0 amide bonds. The minimum atomic E-state index is -4.06. The topological polar surface area (TPSA) is 6.48 Å². The first-order chi connectivity index (χ1) is 8.33. The van der Waals surface area contributed by atoms with E-state index >= 15 is 0 Å². The zero-order chi connectivity index (χ0) is 15.1. The molecule has 0 radical (unpaired) electrons. The molecule has 0 aliphatic carbocycles. The van der Waals surface area contributed by atoms with Crippen LogP contribution in [0.15, 0.2) is 0 Å². The van der Waals surface area contributed by atoms with E-state index in [9.17, 15) is 13.2 Å². The lowest BCUT2D eigenvalue weighted by atomic mass is 9.95. The number of likely N-dealkylation sites (N-methyl/N-ethyl adjacent to an activating group) is 1. The Kier molecular flexibility index (Phi) is 4.63. The minimum absolute atomic E-state index is 0.0371. The van der Waals surface area contributed by atoms with Gasteiger partial charge in [0.25, 0.3) is 0 Å². The number of nitrogens with zero attached hydrogens (tertiary/aromatic N) is 2. The first-order valence-corrected chi connectivity index (χ1v) is 6.88. The fraction of sp³-hybridized carbons (Fsp3) is 1.00. The van der Waals surface area contributed by atoms with Gasteiger partial charge in [-0.15, -0.1) is 0 Å². The predicted molar refractivity (Wildman–Crippen MR) is 72.2 cm³/mol. The van der Waals surface area contributed by atoms with Crippen LogP contribution in [0, 0.1) is 0 Å². The zero-order valence-electron chi connectivity index (χ0n) is 12.9. The lowest BCUT2D eigenvalue weighted by molar-refractivity contribution is -0.138. The maximum atomic E-state index is 12.3. The van der Waals surface area contributed by atoms with E-state index in [1.165, 1.54) is 0 Å². The van der Waals surface area contributed by atoms with Gasteiger partial charge < -0.3 is 4.90 Å². The van der Waals surface area contributed by atoms with Crippen molar-refractivity contribution in [2.24, 2.45) is 0 Å². The van der Waals surface area contributed by atoms with Crippen LogP contribution < -0.4 is 0 Å². The maximum Gasteiger partial charge on any atom is 0.390 e. The molecule has 0 spiro atoms. The molecule has 1 unspecified atom stereocenters. The van der Waals surface area contributed by atoms with Crippen molar-refractivity contribution in [1.29, 1.82) is 0 Å². The number of likely N-dealkylation sites (tertiary alicyclic amines) is 1. The van der Waals surface area contributed by atoms with E-state index in [1.54, 1.807) is 7.05 Å². The molecular weight excluding hydrogens is 253 g/mol. The summed E-state index contributed by atoms with van der Waals surface area (Å²) in [5.74, 6) is 0. The second-order valence-corrected chi connectivity index (χ2v) is 7.30. The summed E-state index contributed by atoms with van der Waals surface area (Å²) in [6.45, 7) is 11.8. The summed E-state index contributed by atoms with van der Waals surface area (Å²) < 4.78 is 36.9. The van der Waals surface area contributed by atoms with Crippen LogP contribution in [-0.4, -0.2) is 53.2 Å². The largest absolute Gasteiger partial charge is 0.390 e. The SMILES string of the molecule is CN(CCC(F)(F)F)C1CN(C(C)(C)C)C(C)(C)C1. The van der Waals surface area contributed by atoms with Gasteiger partial charge in [0.05, 0.1) is 6.42 Å². The number of hydrogen-bond donors (Lipinski definition) is 0. The second-order valence-electron chi connectivity index (χ2n) is 7.30. The van der Waals surface area contributed by atoms with E-state index in [-0.39, 0.29) is 23.7 Å². The number of alkyl halides is 3. The van der Waals surface area contributed by atoms with Gasteiger partial charge in [0.15, 0.2) is 0 Å². The summed E-state index contributed by atoms with van der Waals surface area (Å²) >= 11 is 0. The van der Waals surface area contributed by atoms with E-state index in [4.69, 9.17) is 0 Å². The molecule has 0 aromatic rings. The van der Waals surface area contributed by atoms with Crippen molar-refractivity contribution in [2.45, 2.75) is 70.8 Å². The van der Waals surface area contributed by atoms with Gasteiger partial charge >= 0.3 is 6.18 Å². The van der Waals surface area contributed by atoms with Crippen LogP contribution in [0.25, 0.3) is 0 Å². The molecule has 0 bridgehead atoms. The molecule has 1 atom stereocenters. The normalized spacial score (nSPS) is 25.3. The molecule has 19 heavy (non-hydrogen) atoms. The highest BCUT2D eigenvalue weighted by Crippen LogP contribution is 2.36. The van der Waals surface area contributed by atoms with Gasteiger partial charge in [-0.05, 0) is 48.1 Å². The van der Waals surface area contributed by atoms with E-state index in [0.717, 1.165) is 13.0 Å². The number of rotatable bonds is 3. The quantitative estimate of drug-likeness (QED) is 0.780. The third kappa shape index (κ3) is 4.63. The average molecular weight is 280 g/mol. The van der Waals surface area contributed by atoms with E-state index in [1.807, 2.05) is 4.90 Å². The van der Waals surface area contributed by atoms with Gasteiger partial charge in [-0.25, -0.2) is 0 Å². The summed E-state index contributed by atoms with van der Waals surface area (Å²) in [6, 6.07) is 0.205. The molecule has 0 saturated carbocycles. The highest BCUT2D eigenvalue weighted by atomic mass is 19.4. The van der Waals surface area contributed by atoms with Crippen LogP contribution in [0.4, 0.5) is 13.2 Å². The van der Waals surface area contributed by atoms with Crippen LogP contribution >= 0.6 is 0 Å². The van der Waals surface area contributed by atoms with Gasteiger partial charge in [0, 0.05) is 30.2 Å². The van der Waals surface area contributed by atoms with Crippen LogP contribution in [-0.2, 0) is 0 Å². The fourth-order valence-electron chi connectivity index (χ4n) is 3.17. The summed E-state index contributed by atoms with van der Waals surface area (Å²) in [6.07, 6.45) is -3.87. The van der Waals surface area contributed by atoms with Crippen molar-refractivity contribution in [3.8, 4) is 0 Å². The predicted octanol–water partition coefficient (Wildman–Crippen LogP) is 3.52. The van der Waals surface area contributed by atoms with Crippen LogP contribution in [0.5, 0.6) is 0 Å². The molecule has 1 heterocycles. The van der Waals surface area contributed by atoms with Crippen molar-refractivity contribution in [2.75, 3.05) is 20.1 Å². The Morgan fingerprint density at radius 3 is 2.11 bits per heavy atom. The maximum absolute atomic E-state index is 12.3. The number of halogens is 3. The molecule has 1 fully saturated rings.